The molecule has 110 valence electrons. The summed E-state index contributed by atoms with van der Waals surface area (Å²) in [6.07, 6.45) is 2.98. The van der Waals surface area contributed by atoms with Crippen LogP contribution in [0.3, 0.4) is 0 Å². The molecule has 3 nitrogen and oxygen atoms in total. The molecule has 1 aliphatic carbocycles. The molecule has 0 heterocycles. The number of fused-ring (bicyclic) bond motifs is 1. The number of hydrogen-bond acceptors (Lipinski definition) is 3. The van der Waals surface area contributed by atoms with Crippen molar-refractivity contribution in [3.63, 3.8) is 0 Å². The molecule has 0 unspecified atom stereocenters. The highest BCUT2D eigenvalue weighted by Crippen LogP contribution is 2.42. The van der Waals surface area contributed by atoms with Gasteiger partial charge in [0.1, 0.15) is 11.5 Å². The fraction of sp³-hybridized carbons (Fsp3) is 0.333. The predicted octanol–water partition coefficient (Wildman–Crippen LogP) is 3.19. The number of methoxy groups -OCH3 is 2. The van der Waals surface area contributed by atoms with Crippen molar-refractivity contribution in [2.45, 2.75) is 25.3 Å². The topological polar surface area (TPSA) is 44.5 Å². The van der Waals surface area contributed by atoms with Crippen LogP contribution >= 0.6 is 0 Å². The number of nitrogens with two attached hydrogens (primary N) is 1. The fourth-order valence-corrected chi connectivity index (χ4v) is 3.19. The first kappa shape index (κ1) is 14.0. The maximum Gasteiger partial charge on any atom is 0.130 e. The predicted molar refractivity (Wildman–Crippen MR) is 85.0 cm³/mol. The Hall–Kier alpha value is -2.00. The molecule has 3 rings (SSSR count). The molecular weight excluding hydrogens is 262 g/mol. The number of hydrogen-bond donors (Lipinski definition) is 1. The van der Waals surface area contributed by atoms with E-state index in [9.17, 15) is 0 Å². The van der Waals surface area contributed by atoms with Crippen LogP contribution in [0.15, 0.2) is 36.4 Å². The Balaban J connectivity index is 2.20. The van der Waals surface area contributed by atoms with Gasteiger partial charge in [-0.25, -0.2) is 0 Å². The zero-order valence-electron chi connectivity index (χ0n) is 12.6. The van der Waals surface area contributed by atoms with Gasteiger partial charge < -0.3 is 15.2 Å². The standard InChI is InChI=1S/C18H21NO2/c1-20-16-7-4-8-17(21-2)18(16)15-6-3-5-12-11-13(19)9-10-14(12)15/h3-8,13H,9-11,19H2,1-2H3/t13-/m0/s1. The van der Waals surface area contributed by atoms with Gasteiger partial charge in [-0.15, -0.1) is 0 Å². The van der Waals surface area contributed by atoms with Crippen molar-refractivity contribution in [2.24, 2.45) is 5.73 Å². The Morgan fingerprint density at radius 2 is 1.67 bits per heavy atom. The van der Waals surface area contributed by atoms with E-state index in [4.69, 9.17) is 15.2 Å². The van der Waals surface area contributed by atoms with Crippen molar-refractivity contribution in [1.82, 2.24) is 0 Å². The molecule has 21 heavy (non-hydrogen) atoms. The normalized spacial score (nSPS) is 17.2. The zero-order chi connectivity index (χ0) is 14.8. The largest absolute Gasteiger partial charge is 0.496 e. The smallest absolute Gasteiger partial charge is 0.130 e. The minimum Gasteiger partial charge on any atom is -0.496 e. The summed E-state index contributed by atoms with van der Waals surface area (Å²) in [5.41, 5.74) is 11.1. The van der Waals surface area contributed by atoms with Crippen molar-refractivity contribution in [3.8, 4) is 22.6 Å². The molecular formula is C18H21NO2. The molecule has 0 aliphatic heterocycles. The van der Waals surface area contributed by atoms with Crippen LogP contribution in [0.5, 0.6) is 11.5 Å². The summed E-state index contributed by atoms with van der Waals surface area (Å²) in [5, 5.41) is 0. The highest BCUT2D eigenvalue weighted by Gasteiger charge is 2.22. The van der Waals surface area contributed by atoms with Crippen LogP contribution in [0.25, 0.3) is 11.1 Å². The molecule has 0 saturated heterocycles. The molecule has 2 N–H and O–H groups in total. The highest BCUT2D eigenvalue weighted by molar-refractivity contribution is 5.80. The lowest BCUT2D eigenvalue weighted by Crippen LogP contribution is -2.28. The van der Waals surface area contributed by atoms with Gasteiger partial charge in [-0.05, 0) is 48.1 Å². The van der Waals surface area contributed by atoms with Gasteiger partial charge in [0.15, 0.2) is 0 Å². The lowest BCUT2D eigenvalue weighted by atomic mass is 9.83. The molecule has 0 amide bonds. The van der Waals surface area contributed by atoms with E-state index in [1.807, 2.05) is 18.2 Å². The van der Waals surface area contributed by atoms with Crippen molar-refractivity contribution >= 4 is 0 Å². The summed E-state index contributed by atoms with van der Waals surface area (Å²) in [7, 11) is 3.40. The molecule has 1 atom stereocenters. The second kappa shape index (κ2) is 5.78. The van der Waals surface area contributed by atoms with Gasteiger partial charge >= 0.3 is 0 Å². The van der Waals surface area contributed by atoms with Gasteiger partial charge in [-0.3, -0.25) is 0 Å². The summed E-state index contributed by atoms with van der Waals surface area (Å²) in [4.78, 5) is 0. The zero-order valence-corrected chi connectivity index (χ0v) is 12.6. The van der Waals surface area contributed by atoms with Gasteiger partial charge in [0.2, 0.25) is 0 Å². The maximum atomic E-state index is 6.10. The van der Waals surface area contributed by atoms with Crippen LogP contribution < -0.4 is 15.2 Å². The van der Waals surface area contributed by atoms with Crippen LogP contribution in [0.4, 0.5) is 0 Å². The summed E-state index contributed by atoms with van der Waals surface area (Å²) < 4.78 is 11.1. The SMILES string of the molecule is COc1cccc(OC)c1-c1cccc2c1CC[C@H](N)C2. The van der Waals surface area contributed by atoms with Crippen LogP contribution in [0.2, 0.25) is 0 Å². The molecule has 0 fully saturated rings. The van der Waals surface area contributed by atoms with Gasteiger partial charge in [0.25, 0.3) is 0 Å². The number of ether oxygens (including phenoxy) is 2. The lowest BCUT2D eigenvalue weighted by Gasteiger charge is -2.25. The monoisotopic (exact) mass is 283 g/mol. The first-order chi connectivity index (χ1) is 10.2. The Bertz CT molecular complexity index is 629. The van der Waals surface area contributed by atoms with E-state index in [-0.39, 0.29) is 6.04 Å². The number of benzene rings is 2. The first-order valence-corrected chi connectivity index (χ1v) is 7.32. The second-order valence-electron chi connectivity index (χ2n) is 5.48. The summed E-state index contributed by atoms with van der Waals surface area (Å²) in [6, 6.07) is 12.6. The Labute approximate surface area is 125 Å². The Kier molecular flexibility index (Phi) is 3.84. The lowest BCUT2D eigenvalue weighted by molar-refractivity contribution is 0.397. The molecule has 0 aromatic heterocycles. The molecule has 2 aromatic carbocycles. The fourth-order valence-electron chi connectivity index (χ4n) is 3.19. The minimum absolute atomic E-state index is 0.271. The van der Waals surface area contributed by atoms with Crippen LogP contribution in [-0.4, -0.2) is 20.3 Å². The minimum atomic E-state index is 0.271. The number of rotatable bonds is 3. The molecule has 2 aromatic rings. The third-order valence-electron chi connectivity index (χ3n) is 4.22. The van der Waals surface area contributed by atoms with E-state index < -0.39 is 0 Å². The van der Waals surface area contributed by atoms with Crippen molar-refractivity contribution in [3.05, 3.63) is 47.5 Å². The Morgan fingerprint density at radius 3 is 2.33 bits per heavy atom. The third-order valence-corrected chi connectivity index (χ3v) is 4.22. The maximum absolute atomic E-state index is 6.10. The quantitative estimate of drug-likeness (QED) is 0.941. The summed E-state index contributed by atoms with van der Waals surface area (Å²) >= 11 is 0. The van der Waals surface area contributed by atoms with E-state index in [0.29, 0.717) is 0 Å². The van der Waals surface area contributed by atoms with E-state index in [1.54, 1.807) is 14.2 Å². The summed E-state index contributed by atoms with van der Waals surface area (Å²) in [5.74, 6) is 1.69. The molecule has 0 saturated carbocycles. The highest BCUT2D eigenvalue weighted by atomic mass is 16.5. The van der Waals surface area contributed by atoms with E-state index in [0.717, 1.165) is 36.3 Å². The molecule has 0 spiro atoms. The van der Waals surface area contributed by atoms with Gasteiger partial charge in [-0.2, -0.15) is 0 Å². The van der Waals surface area contributed by atoms with E-state index >= 15 is 0 Å². The van der Waals surface area contributed by atoms with Crippen molar-refractivity contribution < 1.29 is 9.47 Å². The molecule has 1 aliphatic rings. The van der Waals surface area contributed by atoms with Crippen molar-refractivity contribution in [2.75, 3.05) is 14.2 Å². The second-order valence-corrected chi connectivity index (χ2v) is 5.48. The van der Waals surface area contributed by atoms with Crippen molar-refractivity contribution in [1.29, 1.82) is 0 Å². The third kappa shape index (κ3) is 2.49. The average Bonchev–Trinajstić information content (AvgIpc) is 2.53. The Morgan fingerprint density at radius 1 is 1.00 bits per heavy atom. The first-order valence-electron chi connectivity index (χ1n) is 7.32. The molecule has 3 heteroatoms. The van der Waals surface area contributed by atoms with Gasteiger partial charge in [0, 0.05) is 6.04 Å². The van der Waals surface area contributed by atoms with Gasteiger partial charge in [0.05, 0.1) is 19.8 Å². The molecule has 0 bridgehead atoms. The van der Waals surface area contributed by atoms with Crippen LogP contribution in [0.1, 0.15) is 17.5 Å². The van der Waals surface area contributed by atoms with Crippen LogP contribution in [0, 0.1) is 0 Å². The van der Waals surface area contributed by atoms with E-state index in [2.05, 4.69) is 18.2 Å². The van der Waals surface area contributed by atoms with Gasteiger partial charge in [-0.1, -0.05) is 24.3 Å². The average molecular weight is 283 g/mol. The summed E-state index contributed by atoms with van der Waals surface area (Å²) in [6.45, 7) is 0. The molecule has 0 radical (unpaired) electrons. The van der Waals surface area contributed by atoms with Crippen LogP contribution in [-0.2, 0) is 12.8 Å². The van der Waals surface area contributed by atoms with E-state index in [1.165, 1.54) is 16.7 Å².